The largest absolute Gasteiger partial charge is 0.497 e. The van der Waals surface area contributed by atoms with E-state index in [2.05, 4.69) is 16.5 Å². The monoisotopic (exact) mass is 473 g/mol. The fraction of sp³-hybridized carbons (Fsp3) is 0.333. The first-order valence-corrected chi connectivity index (χ1v) is 11.7. The molecule has 0 N–H and O–H groups in total. The maximum atomic E-state index is 13.3. The molecule has 6 rings (SSSR count). The lowest BCUT2D eigenvalue weighted by atomic mass is 9.73. The number of nitrogens with zero attached hydrogens (tertiary/aromatic N) is 3. The predicted molar refractivity (Wildman–Crippen MR) is 131 cm³/mol. The van der Waals surface area contributed by atoms with E-state index in [1.807, 2.05) is 30.3 Å². The summed E-state index contributed by atoms with van der Waals surface area (Å²) in [5.41, 5.74) is 1.87. The fourth-order valence-corrected chi connectivity index (χ4v) is 5.47. The fourth-order valence-electron chi connectivity index (χ4n) is 5.47. The molecule has 3 saturated heterocycles. The van der Waals surface area contributed by atoms with Crippen LogP contribution in [0.5, 0.6) is 5.75 Å². The van der Waals surface area contributed by atoms with Gasteiger partial charge in [-0.1, -0.05) is 6.08 Å². The Labute approximate surface area is 203 Å². The molecule has 0 amide bonds. The smallest absolute Gasteiger partial charge is 0.338 e. The minimum Gasteiger partial charge on any atom is -0.497 e. The lowest BCUT2D eigenvalue weighted by Crippen LogP contribution is -2.55. The van der Waals surface area contributed by atoms with Crippen LogP contribution in [0.15, 0.2) is 67.4 Å². The molecule has 4 heterocycles. The Bertz CT molecular complexity index is 1280. The van der Waals surface area contributed by atoms with Crippen LogP contribution in [0.4, 0.5) is 5.69 Å². The van der Waals surface area contributed by atoms with Crippen LogP contribution < -0.4 is 4.74 Å². The average Bonchev–Trinajstić information content (AvgIpc) is 2.91. The Morgan fingerprint density at radius 3 is 2.71 bits per heavy atom. The predicted octanol–water partition coefficient (Wildman–Crippen LogP) is 4.95. The van der Waals surface area contributed by atoms with E-state index >= 15 is 0 Å². The van der Waals surface area contributed by atoms with Crippen molar-refractivity contribution in [1.82, 2.24) is 9.88 Å². The number of non-ortho nitro benzene ring substituents is 1. The van der Waals surface area contributed by atoms with E-state index in [0.29, 0.717) is 17.6 Å². The molecule has 1 aromatic heterocycles. The highest BCUT2D eigenvalue weighted by molar-refractivity contribution is 5.90. The van der Waals surface area contributed by atoms with E-state index in [0.717, 1.165) is 42.4 Å². The molecule has 3 fully saturated rings. The average molecular weight is 474 g/mol. The van der Waals surface area contributed by atoms with E-state index in [9.17, 15) is 14.9 Å². The van der Waals surface area contributed by atoms with Gasteiger partial charge in [0.1, 0.15) is 11.9 Å². The second-order valence-corrected chi connectivity index (χ2v) is 9.16. The summed E-state index contributed by atoms with van der Waals surface area (Å²) in [5.74, 6) is 1.11. The number of piperidine rings is 3. The summed E-state index contributed by atoms with van der Waals surface area (Å²) in [6.45, 7) is 5.84. The van der Waals surface area contributed by atoms with Crippen molar-refractivity contribution >= 4 is 22.6 Å². The van der Waals surface area contributed by atoms with E-state index < -0.39 is 17.0 Å². The highest BCUT2D eigenvalue weighted by atomic mass is 16.6. The van der Waals surface area contributed by atoms with Gasteiger partial charge in [0.25, 0.3) is 5.69 Å². The second-order valence-electron chi connectivity index (χ2n) is 9.16. The van der Waals surface area contributed by atoms with Crippen LogP contribution in [0.1, 0.15) is 34.9 Å². The third-order valence-corrected chi connectivity index (χ3v) is 7.34. The Hall–Kier alpha value is -3.78. The molecule has 2 bridgehead atoms. The molecule has 35 heavy (non-hydrogen) atoms. The molecule has 3 aromatic rings. The lowest BCUT2D eigenvalue weighted by molar-refractivity contribution is -0.384. The van der Waals surface area contributed by atoms with Gasteiger partial charge in [0.2, 0.25) is 0 Å². The number of pyridine rings is 1. The maximum Gasteiger partial charge on any atom is 0.338 e. The molecule has 1 unspecified atom stereocenters. The number of rotatable bonds is 7. The van der Waals surface area contributed by atoms with Gasteiger partial charge in [0, 0.05) is 35.8 Å². The van der Waals surface area contributed by atoms with Crippen molar-refractivity contribution in [2.24, 2.45) is 11.8 Å². The molecular formula is C27H27N3O5. The maximum absolute atomic E-state index is 13.3. The van der Waals surface area contributed by atoms with E-state index in [1.54, 1.807) is 13.3 Å². The molecule has 0 radical (unpaired) electrons. The number of fused-ring (bicyclic) bond motifs is 4. The molecule has 3 aliphatic rings. The van der Waals surface area contributed by atoms with Crippen LogP contribution in [-0.4, -0.2) is 47.0 Å². The molecule has 0 saturated carbocycles. The molecule has 2 aromatic carbocycles. The van der Waals surface area contributed by atoms with Crippen LogP contribution in [-0.2, 0) is 4.74 Å². The number of hydrogen-bond acceptors (Lipinski definition) is 7. The number of hydrogen-bond donors (Lipinski definition) is 0. The van der Waals surface area contributed by atoms with Gasteiger partial charge in [-0.05, 0) is 67.6 Å². The Kier molecular flexibility index (Phi) is 6.21. The van der Waals surface area contributed by atoms with Crippen molar-refractivity contribution in [2.45, 2.75) is 25.0 Å². The molecule has 3 aliphatic heterocycles. The molecule has 5 atom stereocenters. The highest BCUT2D eigenvalue weighted by Crippen LogP contribution is 2.44. The van der Waals surface area contributed by atoms with Crippen molar-refractivity contribution in [2.75, 3.05) is 20.2 Å². The number of nitro groups is 1. The number of methoxy groups -OCH3 is 1. The molecule has 8 heteroatoms. The molecule has 180 valence electrons. The lowest BCUT2D eigenvalue weighted by Gasteiger charge is -2.51. The Balaban J connectivity index is 1.54. The van der Waals surface area contributed by atoms with Crippen molar-refractivity contribution in [3.63, 3.8) is 0 Å². The van der Waals surface area contributed by atoms with E-state index in [1.165, 1.54) is 24.3 Å². The van der Waals surface area contributed by atoms with Gasteiger partial charge < -0.3 is 9.47 Å². The molecule has 8 nitrogen and oxygen atoms in total. The quantitative estimate of drug-likeness (QED) is 0.207. The summed E-state index contributed by atoms with van der Waals surface area (Å²) < 4.78 is 11.7. The summed E-state index contributed by atoms with van der Waals surface area (Å²) in [7, 11) is 1.62. The van der Waals surface area contributed by atoms with Crippen LogP contribution in [0.25, 0.3) is 10.9 Å². The summed E-state index contributed by atoms with van der Waals surface area (Å²) in [6.07, 6.45) is 5.23. The number of carbonyl (C=O) groups is 1. The second kappa shape index (κ2) is 9.46. The number of ether oxygens (including phenoxy) is 2. The van der Waals surface area contributed by atoms with Crippen molar-refractivity contribution in [3.8, 4) is 5.75 Å². The summed E-state index contributed by atoms with van der Waals surface area (Å²) in [4.78, 5) is 30.7. The number of benzene rings is 2. The number of esters is 1. The zero-order chi connectivity index (χ0) is 24.5. The standard InChI is InChI=1S/C27H27N3O5/c1-3-17-16-29-13-11-19(17)14-25(29)26(35-27(31)18-4-6-20(7-5-18)30(32)33)22-10-12-28-24-9-8-21(34-2)15-23(22)24/h3-10,12,15,17,19,25-26H,1,11,13-14,16H2,2H3/t17-,19-,25-,26+/m0/s1. The number of carbonyl (C=O) groups excluding carboxylic acids is 1. The van der Waals surface area contributed by atoms with Gasteiger partial charge in [-0.15, -0.1) is 6.58 Å². The Morgan fingerprint density at radius 2 is 2.06 bits per heavy atom. The number of nitro benzene ring substituents is 1. The third kappa shape index (κ3) is 4.37. The van der Waals surface area contributed by atoms with Crippen LogP contribution in [0.2, 0.25) is 0 Å². The van der Waals surface area contributed by atoms with E-state index in [-0.39, 0.29) is 17.3 Å². The Morgan fingerprint density at radius 1 is 1.26 bits per heavy atom. The molecular weight excluding hydrogens is 446 g/mol. The van der Waals surface area contributed by atoms with Gasteiger partial charge in [-0.3, -0.25) is 20.0 Å². The first kappa shape index (κ1) is 23.0. The SMILES string of the molecule is C=C[C@H]1CN2CC[C@H]1C[C@H]2[C@H](OC(=O)c1ccc([N+](=O)[O-])cc1)c1ccnc2ccc(OC)cc12. The minimum absolute atomic E-state index is 0.00347. The molecule has 0 aliphatic carbocycles. The normalized spacial score (nSPS) is 24.0. The summed E-state index contributed by atoms with van der Waals surface area (Å²) >= 11 is 0. The first-order chi connectivity index (χ1) is 17.0. The molecule has 0 spiro atoms. The van der Waals surface area contributed by atoms with Gasteiger partial charge in [-0.2, -0.15) is 0 Å². The van der Waals surface area contributed by atoms with Gasteiger partial charge in [-0.25, -0.2) is 4.79 Å². The van der Waals surface area contributed by atoms with Gasteiger partial charge >= 0.3 is 5.97 Å². The van der Waals surface area contributed by atoms with Crippen molar-refractivity contribution < 1.29 is 19.2 Å². The van der Waals surface area contributed by atoms with Crippen LogP contribution in [0.3, 0.4) is 0 Å². The van der Waals surface area contributed by atoms with Gasteiger partial charge in [0.15, 0.2) is 0 Å². The van der Waals surface area contributed by atoms with Crippen LogP contribution >= 0.6 is 0 Å². The topological polar surface area (TPSA) is 94.8 Å². The summed E-state index contributed by atoms with van der Waals surface area (Å²) in [6, 6.07) is 13.1. The van der Waals surface area contributed by atoms with E-state index in [4.69, 9.17) is 9.47 Å². The van der Waals surface area contributed by atoms with Gasteiger partial charge in [0.05, 0.1) is 29.2 Å². The number of aromatic nitrogens is 1. The zero-order valence-corrected chi connectivity index (χ0v) is 19.5. The van der Waals surface area contributed by atoms with Crippen molar-refractivity contribution in [1.29, 1.82) is 0 Å². The highest BCUT2D eigenvalue weighted by Gasteiger charge is 2.44. The third-order valence-electron chi connectivity index (χ3n) is 7.34. The summed E-state index contributed by atoms with van der Waals surface area (Å²) in [5, 5.41) is 11.9. The first-order valence-electron chi connectivity index (χ1n) is 11.7. The van der Waals surface area contributed by atoms with Crippen molar-refractivity contribution in [3.05, 3.63) is 88.6 Å². The zero-order valence-electron chi connectivity index (χ0n) is 19.5. The minimum atomic E-state index is -0.538. The van der Waals surface area contributed by atoms with Crippen LogP contribution in [0, 0.1) is 22.0 Å².